The molecule has 1 saturated heterocycles. The van der Waals surface area contributed by atoms with Gasteiger partial charge in [-0.3, -0.25) is 0 Å². The molecule has 2 rings (SSSR count). The Morgan fingerprint density at radius 2 is 1.57 bits per heavy atom. The lowest BCUT2D eigenvalue weighted by Gasteiger charge is -2.32. The number of likely N-dealkylation sites (N-methyl/N-ethyl adjacent to an activating group) is 1. The van der Waals surface area contributed by atoms with Crippen molar-refractivity contribution in [1.82, 2.24) is 9.80 Å². The van der Waals surface area contributed by atoms with E-state index in [-0.39, 0.29) is 6.29 Å². The second-order valence-corrected chi connectivity index (χ2v) is 6.23. The summed E-state index contributed by atoms with van der Waals surface area (Å²) in [5, 5.41) is 0. The normalized spacial score (nSPS) is 17.0. The first kappa shape index (κ1) is 18.4. The average Bonchev–Trinajstić information content (AvgIpc) is 2.57. The molecule has 0 N–H and O–H groups in total. The monoisotopic (exact) mass is 320 g/mol. The molecular formula is C19H32N2O2. The highest BCUT2D eigenvalue weighted by Gasteiger charge is 2.13. The van der Waals surface area contributed by atoms with Crippen molar-refractivity contribution in [3.63, 3.8) is 0 Å². The van der Waals surface area contributed by atoms with E-state index < -0.39 is 0 Å². The summed E-state index contributed by atoms with van der Waals surface area (Å²) in [6, 6.07) is 8.71. The largest absolute Gasteiger partial charge is 0.349 e. The Hall–Kier alpha value is -0.940. The molecule has 1 heterocycles. The van der Waals surface area contributed by atoms with Crippen LogP contribution in [0, 0.1) is 0 Å². The van der Waals surface area contributed by atoms with Crippen LogP contribution in [0.2, 0.25) is 0 Å². The maximum atomic E-state index is 5.64. The summed E-state index contributed by atoms with van der Waals surface area (Å²) in [5.41, 5.74) is 2.51. The third-order valence-electron chi connectivity index (χ3n) is 4.42. The van der Waals surface area contributed by atoms with E-state index in [4.69, 9.17) is 9.47 Å². The molecule has 0 spiro atoms. The first-order valence-electron chi connectivity index (χ1n) is 8.95. The van der Waals surface area contributed by atoms with Crippen LogP contribution in [0.5, 0.6) is 0 Å². The Kier molecular flexibility index (Phi) is 8.03. The van der Waals surface area contributed by atoms with Gasteiger partial charge in [-0.05, 0) is 45.8 Å². The van der Waals surface area contributed by atoms with Gasteiger partial charge in [0.2, 0.25) is 0 Å². The molecule has 1 fully saturated rings. The fourth-order valence-electron chi connectivity index (χ4n) is 2.96. The molecule has 0 aromatic heterocycles. The molecular weight excluding hydrogens is 288 g/mol. The summed E-state index contributed by atoms with van der Waals surface area (Å²) in [5.74, 6) is 0. The number of nitrogens with zero attached hydrogens (tertiary/aromatic N) is 2. The van der Waals surface area contributed by atoms with Gasteiger partial charge >= 0.3 is 0 Å². The predicted octanol–water partition coefficient (Wildman–Crippen LogP) is 2.94. The van der Waals surface area contributed by atoms with Crippen molar-refractivity contribution >= 4 is 0 Å². The third kappa shape index (κ3) is 6.22. The van der Waals surface area contributed by atoms with Gasteiger partial charge in [0.15, 0.2) is 6.29 Å². The van der Waals surface area contributed by atoms with Crippen LogP contribution >= 0.6 is 0 Å². The highest BCUT2D eigenvalue weighted by atomic mass is 16.7. The molecule has 0 radical (unpaired) electrons. The van der Waals surface area contributed by atoms with Gasteiger partial charge in [-0.25, -0.2) is 0 Å². The molecule has 1 aliphatic heterocycles. The van der Waals surface area contributed by atoms with E-state index in [9.17, 15) is 0 Å². The molecule has 130 valence electrons. The Labute approximate surface area is 141 Å². The summed E-state index contributed by atoms with van der Waals surface area (Å²) < 4.78 is 11.3. The van der Waals surface area contributed by atoms with Crippen molar-refractivity contribution in [3.05, 3.63) is 35.4 Å². The number of hydrogen-bond donors (Lipinski definition) is 0. The van der Waals surface area contributed by atoms with Crippen molar-refractivity contribution in [2.75, 3.05) is 53.0 Å². The van der Waals surface area contributed by atoms with E-state index in [1.807, 2.05) is 13.8 Å². The van der Waals surface area contributed by atoms with Gasteiger partial charge < -0.3 is 19.3 Å². The molecule has 0 amide bonds. The molecule has 4 heteroatoms. The van der Waals surface area contributed by atoms with Crippen LogP contribution in [0.1, 0.15) is 37.7 Å². The molecule has 1 aromatic rings. The van der Waals surface area contributed by atoms with Crippen molar-refractivity contribution in [2.45, 2.75) is 33.0 Å². The zero-order chi connectivity index (χ0) is 16.5. The molecule has 4 nitrogen and oxygen atoms in total. The number of rotatable bonds is 9. The zero-order valence-electron chi connectivity index (χ0n) is 15.0. The van der Waals surface area contributed by atoms with Crippen molar-refractivity contribution in [3.8, 4) is 0 Å². The van der Waals surface area contributed by atoms with Gasteiger partial charge in [0.1, 0.15) is 0 Å². The SMILES string of the molecule is CCOC(OCC)c1ccc(CCCN2CCN(C)CC2)cc1. The first-order valence-corrected chi connectivity index (χ1v) is 8.95. The molecule has 1 aliphatic rings. The lowest BCUT2D eigenvalue weighted by atomic mass is 10.1. The van der Waals surface area contributed by atoms with Crippen molar-refractivity contribution < 1.29 is 9.47 Å². The molecule has 23 heavy (non-hydrogen) atoms. The van der Waals surface area contributed by atoms with Gasteiger partial charge in [0.05, 0.1) is 0 Å². The van der Waals surface area contributed by atoms with Gasteiger partial charge in [0, 0.05) is 45.0 Å². The van der Waals surface area contributed by atoms with Crippen LogP contribution in [-0.4, -0.2) is 62.8 Å². The molecule has 0 unspecified atom stereocenters. The summed E-state index contributed by atoms with van der Waals surface area (Å²) in [6.07, 6.45) is 2.13. The van der Waals surface area contributed by atoms with Gasteiger partial charge in [-0.2, -0.15) is 0 Å². The quantitative estimate of drug-likeness (QED) is 0.653. The van der Waals surface area contributed by atoms with Gasteiger partial charge in [0.25, 0.3) is 0 Å². The lowest BCUT2D eigenvalue weighted by molar-refractivity contribution is -0.140. The Morgan fingerprint density at radius 1 is 0.957 bits per heavy atom. The molecule has 0 atom stereocenters. The van der Waals surface area contributed by atoms with Crippen LogP contribution in [-0.2, 0) is 15.9 Å². The number of benzene rings is 1. The zero-order valence-corrected chi connectivity index (χ0v) is 15.0. The van der Waals surface area contributed by atoms with Gasteiger partial charge in [-0.1, -0.05) is 24.3 Å². The minimum atomic E-state index is -0.232. The minimum absolute atomic E-state index is 0.232. The van der Waals surface area contributed by atoms with E-state index in [0.717, 1.165) is 12.0 Å². The maximum absolute atomic E-state index is 5.64. The number of aryl methyl sites for hydroxylation is 1. The second-order valence-electron chi connectivity index (χ2n) is 6.23. The summed E-state index contributed by atoms with van der Waals surface area (Å²) in [6.45, 7) is 11.3. The highest BCUT2D eigenvalue weighted by Crippen LogP contribution is 2.20. The standard InChI is InChI=1S/C19H32N2O2/c1-4-22-19(23-5-2)18-10-8-17(9-11-18)7-6-12-21-15-13-20(3)14-16-21/h8-11,19H,4-7,12-16H2,1-3H3. The van der Waals surface area contributed by atoms with E-state index in [0.29, 0.717) is 13.2 Å². The van der Waals surface area contributed by atoms with Crippen LogP contribution < -0.4 is 0 Å². The van der Waals surface area contributed by atoms with E-state index in [1.54, 1.807) is 0 Å². The van der Waals surface area contributed by atoms with Crippen molar-refractivity contribution in [1.29, 1.82) is 0 Å². The molecule has 0 saturated carbocycles. The lowest BCUT2D eigenvalue weighted by Crippen LogP contribution is -2.44. The van der Waals surface area contributed by atoms with E-state index in [1.165, 1.54) is 44.7 Å². The first-order chi connectivity index (χ1) is 11.2. The van der Waals surface area contributed by atoms with Crippen LogP contribution in [0.25, 0.3) is 0 Å². The third-order valence-corrected chi connectivity index (χ3v) is 4.42. The van der Waals surface area contributed by atoms with Gasteiger partial charge in [-0.15, -0.1) is 0 Å². The van der Waals surface area contributed by atoms with Crippen molar-refractivity contribution in [2.24, 2.45) is 0 Å². The fraction of sp³-hybridized carbons (Fsp3) is 0.684. The number of hydrogen-bond acceptors (Lipinski definition) is 4. The molecule has 0 aliphatic carbocycles. The Balaban J connectivity index is 1.76. The van der Waals surface area contributed by atoms with Crippen LogP contribution in [0.4, 0.5) is 0 Å². The topological polar surface area (TPSA) is 24.9 Å². The van der Waals surface area contributed by atoms with E-state index >= 15 is 0 Å². The predicted molar refractivity (Wildman–Crippen MR) is 94.7 cm³/mol. The number of ether oxygens (including phenoxy) is 2. The average molecular weight is 320 g/mol. The highest BCUT2D eigenvalue weighted by molar-refractivity contribution is 5.23. The second kappa shape index (κ2) is 10.0. The Morgan fingerprint density at radius 3 is 2.13 bits per heavy atom. The summed E-state index contributed by atoms with van der Waals surface area (Å²) in [4.78, 5) is 4.98. The van der Waals surface area contributed by atoms with E-state index in [2.05, 4.69) is 41.1 Å². The van der Waals surface area contributed by atoms with Crippen LogP contribution in [0.15, 0.2) is 24.3 Å². The maximum Gasteiger partial charge on any atom is 0.183 e. The summed E-state index contributed by atoms with van der Waals surface area (Å²) in [7, 11) is 2.21. The number of piperazine rings is 1. The molecule has 1 aromatic carbocycles. The minimum Gasteiger partial charge on any atom is -0.349 e. The van der Waals surface area contributed by atoms with Crippen LogP contribution in [0.3, 0.4) is 0 Å². The molecule has 0 bridgehead atoms. The fourth-order valence-corrected chi connectivity index (χ4v) is 2.96. The smallest absolute Gasteiger partial charge is 0.183 e. The summed E-state index contributed by atoms with van der Waals surface area (Å²) >= 11 is 0. The Bertz CT molecular complexity index is 422.